The molecule has 0 N–H and O–H groups in total. The molecule has 126 valence electrons. The molecule has 2 aromatic rings. The van der Waals surface area contributed by atoms with E-state index in [-0.39, 0.29) is 5.75 Å². The highest BCUT2D eigenvalue weighted by molar-refractivity contribution is 5.82. The van der Waals surface area contributed by atoms with E-state index in [4.69, 9.17) is 4.74 Å². The Balaban J connectivity index is 2.14. The molecule has 3 rings (SSSR count). The second kappa shape index (κ2) is 5.43. The fourth-order valence-corrected chi connectivity index (χ4v) is 2.59. The smallest absolute Gasteiger partial charge is 0.573 e. The lowest BCUT2D eigenvalue weighted by molar-refractivity contribution is -0.608. The summed E-state index contributed by atoms with van der Waals surface area (Å²) in [7, 11) is 0. The molecule has 1 aliphatic heterocycles. The number of fused-ring (bicyclic) bond motifs is 1. The average Bonchev–Trinajstić information content (AvgIpc) is 2.45. The third kappa shape index (κ3) is 3.29. The van der Waals surface area contributed by atoms with Crippen molar-refractivity contribution < 1.29 is 27.4 Å². The van der Waals surface area contributed by atoms with Crippen molar-refractivity contribution in [1.82, 2.24) is 0 Å². The average molecular weight is 337 g/mol. The van der Waals surface area contributed by atoms with Crippen molar-refractivity contribution in [2.45, 2.75) is 25.8 Å². The number of rotatable bonds is 2. The Morgan fingerprint density at radius 2 is 1.92 bits per heavy atom. The second-order valence-electron chi connectivity index (χ2n) is 5.88. The van der Waals surface area contributed by atoms with Crippen molar-refractivity contribution in [2.75, 3.05) is 0 Å². The predicted octanol–water partition coefficient (Wildman–Crippen LogP) is 3.82. The summed E-state index contributed by atoms with van der Waals surface area (Å²) >= 11 is 0. The monoisotopic (exact) mass is 337 g/mol. The maximum Gasteiger partial charge on any atom is 0.573 e. The minimum Gasteiger partial charge on any atom is -0.618 e. The number of hydrogen-bond acceptors (Lipinski definition) is 3. The molecule has 0 bridgehead atoms. The van der Waals surface area contributed by atoms with Gasteiger partial charge in [-0.1, -0.05) is 0 Å². The summed E-state index contributed by atoms with van der Waals surface area (Å²) in [6, 6.07) is 8.66. The standard InChI is InChI=1S/C17H14F3NO3/c1-16(2)10-13(14-5-3-4-8-21(14)22)12-9-11(23-17(18,19)20)6-7-15(12)24-16/h3-10H,1-2H3. The zero-order chi connectivity index (χ0) is 17.5. The Kier molecular flexibility index (Phi) is 3.66. The van der Waals surface area contributed by atoms with Gasteiger partial charge in [0.05, 0.1) is 5.57 Å². The number of pyridine rings is 1. The summed E-state index contributed by atoms with van der Waals surface area (Å²) in [5.41, 5.74) is 0.466. The topological polar surface area (TPSA) is 45.4 Å². The van der Waals surface area contributed by atoms with Gasteiger partial charge in [-0.05, 0) is 44.2 Å². The van der Waals surface area contributed by atoms with Gasteiger partial charge in [0.25, 0.3) is 0 Å². The molecule has 1 aromatic carbocycles. The fraction of sp³-hybridized carbons (Fsp3) is 0.235. The van der Waals surface area contributed by atoms with E-state index < -0.39 is 12.0 Å². The Hall–Kier alpha value is -2.70. The van der Waals surface area contributed by atoms with E-state index in [9.17, 15) is 18.4 Å². The van der Waals surface area contributed by atoms with Crippen molar-refractivity contribution in [3.05, 3.63) is 65.1 Å². The van der Waals surface area contributed by atoms with E-state index in [2.05, 4.69) is 4.74 Å². The largest absolute Gasteiger partial charge is 0.618 e. The van der Waals surface area contributed by atoms with Gasteiger partial charge in [-0.25, -0.2) is 0 Å². The van der Waals surface area contributed by atoms with E-state index in [1.165, 1.54) is 24.4 Å². The maximum absolute atomic E-state index is 12.5. The molecule has 0 aliphatic carbocycles. The first kappa shape index (κ1) is 16.2. The number of alkyl halides is 3. The summed E-state index contributed by atoms with van der Waals surface area (Å²) < 4.78 is 47.8. The van der Waals surface area contributed by atoms with Gasteiger partial charge in [-0.15, -0.1) is 13.2 Å². The SMILES string of the molecule is CC1(C)C=C(c2cccc[n+]2[O-])c2cc(OC(F)(F)F)ccc2O1. The molecule has 7 heteroatoms. The Bertz CT molecular complexity index is 813. The number of benzene rings is 1. The van der Waals surface area contributed by atoms with Crippen molar-refractivity contribution >= 4 is 5.57 Å². The highest BCUT2D eigenvalue weighted by atomic mass is 19.4. The quantitative estimate of drug-likeness (QED) is 0.618. The van der Waals surface area contributed by atoms with Gasteiger partial charge in [0, 0.05) is 17.7 Å². The van der Waals surface area contributed by atoms with Crippen LogP contribution in [0.25, 0.3) is 5.57 Å². The van der Waals surface area contributed by atoms with Gasteiger partial charge in [-0.2, -0.15) is 4.73 Å². The summed E-state index contributed by atoms with van der Waals surface area (Å²) in [6.07, 6.45) is -1.76. The molecule has 0 saturated carbocycles. The normalized spacial score (nSPS) is 16.0. The highest BCUT2D eigenvalue weighted by Crippen LogP contribution is 2.41. The third-order valence-corrected chi connectivity index (χ3v) is 3.44. The van der Waals surface area contributed by atoms with Crippen LogP contribution in [0, 0.1) is 5.21 Å². The van der Waals surface area contributed by atoms with Crippen LogP contribution in [0.2, 0.25) is 0 Å². The molecule has 0 fully saturated rings. The van der Waals surface area contributed by atoms with Crippen LogP contribution < -0.4 is 14.2 Å². The van der Waals surface area contributed by atoms with Gasteiger partial charge in [-0.3, -0.25) is 0 Å². The van der Waals surface area contributed by atoms with Crippen molar-refractivity contribution in [3.8, 4) is 11.5 Å². The van der Waals surface area contributed by atoms with Crippen LogP contribution in [0.3, 0.4) is 0 Å². The lowest BCUT2D eigenvalue weighted by Crippen LogP contribution is -2.34. The van der Waals surface area contributed by atoms with Crippen LogP contribution in [-0.4, -0.2) is 12.0 Å². The fourth-order valence-electron chi connectivity index (χ4n) is 2.59. The van der Waals surface area contributed by atoms with Gasteiger partial charge in [0.15, 0.2) is 6.20 Å². The number of halogens is 3. The Morgan fingerprint density at radius 1 is 1.17 bits per heavy atom. The van der Waals surface area contributed by atoms with E-state index in [0.29, 0.717) is 27.3 Å². The van der Waals surface area contributed by atoms with Crippen LogP contribution in [-0.2, 0) is 0 Å². The second-order valence-corrected chi connectivity index (χ2v) is 5.88. The zero-order valence-electron chi connectivity index (χ0n) is 12.9. The summed E-state index contributed by atoms with van der Waals surface area (Å²) in [4.78, 5) is 0. The molecular formula is C17H14F3NO3. The molecular weight excluding hydrogens is 323 g/mol. The summed E-state index contributed by atoms with van der Waals surface area (Å²) in [6.45, 7) is 3.60. The lowest BCUT2D eigenvalue weighted by atomic mass is 9.92. The molecule has 1 aromatic heterocycles. The third-order valence-electron chi connectivity index (χ3n) is 3.44. The van der Waals surface area contributed by atoms with Crippen LogP contribution in [0.5, 0.6) is 11.5 Å². The van der Waals surface area contributed by atoms with Gasteiger partial charge in [0.1, 0.15) is 17.1 Å². The number of aromatic nitrogens is 1. The number of nitrogens with zero attached hydrogens (tertiary/aromatic N) is 1. The zero-order valence-corrected chi connectivity index (χ0v) is 12.9. The van der Waals surface area contributed by atoms with E-state index in [0.717, 1.165) is 0 Å². The first-order chi connectivity index (χ1) is 11.1. The first-order valence-electron chi connectivity index (χ1n) is 7.15. The predicted molar refractivity (Wildman–Crippen MR) is 80.3 cm³/mol. The van der Waals surface area contributed by atoms with E-state index in [1.54, 1.807) is 38.1 Å². The molecule has 2 heterocycles. The highest BCUT2D eigenvalue weighted by Gasteiger charge is 2.34. The summed E-state index contributed by atoms with van der Waals surface area (Å²) in [5.74, 6) is 0.0136. The van der Waals surface area contributed by atoms with E-state index in [1.807, 2.05) is 0 Å². The summed E-state index contributed by atoms with van der Waals surface area (Å²) in [5, 5.41) is 12.1. The molecule has 1 aliphatic rings. The maximum atomic E-state index is 12.5. The Morgan fingerprint density at radius 3 is 2.58 bits per heavy atom. The molecule has 24 heavy (non-hydrogen) atoms. The van der Waals surface area contributed by atoms with Gasteiger partial charge < -0.3 is 14.7 Å². The first-order valence-corrected chi connectivity index (χ1v) is 7.15. The van der Waals surface area contributed by atoms with Crippen LogP contribution in [0.15, 0.2) is 48.7 Å². The molecule has 4 nitrogen and oxygen atoms in total. The number of hydrogen-bond donors (Lipinski definition) is 0. The number of ether oxygens (including phenoxy) is 2. The van der Waals surface area contributed by atoms with Crippen molar-refractivity contribution in [3.63, 3.8) is 0 Å². The molecule has 0 unspecified atom stereocenters. The van der Waals surface area contributed by atoms with Gasteiger partial charge in [0.2, 0.25) is 5.69 Å². The van der Waals surface area contributed by atoms with E-state index >= 15 is 0 Å². The molecule has 0 atom stereocenters. The lowest BCUT2D eigenvalue weighted by Gasteiger charge is -2.30. The molecule has 0 amide bonds. The molecule has 0 spiro atoms. The van der Waals surface area contributed by atoms with Gasteiger partial charge >= 0.3 is 6.36 Å². The minimum atomic E-state index is -4.79. The molecule has 0 saturated heterocycles. The van der Waals surface area contributed by atoms with Crippen LogP contribution in [0.4, 0.5) is 13.2 Å². The van der Waals surface area contributed by atoms with Crippen molar-refractivity contribution in [1.29, 1.82) is 0 Å². The molecule has 0 radical (unpaired) electrons. The minimum absolute atomic E-state index is 0.319. The van der Waals surface area contributed by atoms with Crippen molar-refractivity contribution in [2.24, 2.45) is 0 Å². The van der Waals surface area contributed by atoms with Crippen LogP contribution in [0.1, 0.15) is 25.1 Å². The van der Waals surface area contributed by atoms with Crippen LogP contribution >= 0.6 is 0 Å². The Labute approximate surface area is 136 Å².